The normalized spacial score (nSPS) is 36.9. The monoisotopic (exact) mass is 348 g/mol. The van der Waals surface area contributed by atoms with Gasteiger partial charge in [-0.05, 0) is 0 Å². The van der Waals surface area contributed by atoms with Crippen molar-refractivity contribution in [2.24, 2.45) is 11.5 Å². The Labute approximate surface area is 97.6 Å². The van der Waals surface area contributed by atoms with E-state index in [1.165, 1.54) is 0 Å². The van der Waals surface area contributed by atoms with Crippen LogP contribution in [0.15, 0.2) is 0 Å². The molecule has 1 heterocycles. The first-order valence-electron chi connectivity index (χ1n) is 4.21. The van der Waals surface area contributed by atoms with E-state index >= 15 is 0 Å². The summed E-state index contributed by atoms with van der Waals surface area (Å²) in [7, 11) is 0. The second-order valence-electron chi connectivity index (χ2n) is 3.41. The number of hydrogen-bond donors (Lipinski definition) is 4. The van der Waals surface area contributed by atoms with E-state index in [9.17, 15) is 9.59 Å². The Balaban J connectivity index is 2.80. The third kappa shape index (κ3) is 2.72. The zero-order chi connectivity index (χ0) is 11.7. The van der Waals surface area contributed by atoms with Crippen molar-refractivity contribution in [3.8, 4) is 0 Å². The average molecular weight is 346 g/mol. The first-order chi connectivity index (χ1) is 6.80. The van der Waals surface area contributed by atoms with Crippen LogP contribution >= 0.6 is 0 Å². The fourth-order valence-electron chi connectivity index (χ4n) is 1.13. The average Bonchev–Trinajstić information content (AvgIpc) is 2.28. The zero-order valence-corrected chi connectivity index (χ0v) is 11.2. The van der Waals surface area contributed by atoms with E-state index in [-0.39, 0.29) is 0 Å². The topological polar surface area (TPSA) is 127 Å². The summed E-state index contributed by atoms with van der Waals surface area (Å²) in [4.78, 5) is 21.8. The van der Waals surface area contributed by atoms with Crippen LogP contribution < -0.4 is 11.5 Å². The van der Waals surface area contributed by atoms with Gasteiger partial charge in [-0.3, -0.25) is 0 Å². The van der Waals surface area contributed by atoms with E-state index in [1.807, 2.05) is 0 Å². The Kier molecular flexibility index (Phi) is 3.81. The summed E-state index contributed by atoms with van der Waals surface area (Å²) in [5.41, 5.74) is 11.4. The third-order valence-corrected chi connectivity index (χ3v) is 12.6. The molecule has 0 saturated carbocycles. The molecule has 6 N–H and O–H groups in total. The van der Waals surface area contributed by atoms with Crippen molar-refractivity contribution >= 4 is 38.2 Å². The molecule has 15 heavy (non-hydrogen) atoms. The van der Waals surface area contributed by atoms with E-state index in [0.717, 1.165) is 0 Å². The van der Waals surface area contributed by atoms with Gasteiger partial charge in [-0.15, -0.1) is 0 Å². The second-order valence-corrected chi connectivity index (χ2v) is 10.8. The maximum atomic E-state index is 10.9. The van der Waals surface area contributed by atoms with Crippen LogP contribution in [0, 0.1) is 0 Å². The number of aliphatic carboxylic acids is 2. The first-order valence-corrected chi connectivity index (χ1v) is 10.3. The molecule has 6 nitrogen and oxygen atoms in total. The molecule has 1 rings (SSSR count). The van der Waals surface area contributed by atoms with Crippen molar-refractivity contribution in [2.45, 2.75) is 28.1 Å². The molecule has 1 aliphatic rings. The van der Waals surface area contributed by atoms with E-state index in [2.05, 4.69) is 0 Å². The molecule has 2 atom stereocenters. The predicted molar refractivity (Wildman–Crippen MR) is 54.5 cm³/mol. The Morgan fingerprint density at radius 1 is 1.00 bits per heavy atom. The van der Waals surface area contributed by atoms with Gasteiger partial charge < -0.3 is 0 Å². The molecule has 0 aliphatic carbocycles. The third-order valence-electron chi connectivity index (χ3n) is 2.16. The zero-order valence-electron chi connectivity index (χ0n) is 7.80. The van der Waals surface area contributed by atoms with Gasteiger partial charge >= 0.3 is 97.6 Å². The van der Waals surface area contributed by atoms with Crippen LogP contribution in [0.2, 0.25) is 0 Å². The first kappa shape index (κ1) is 13.0. The minimum absolute atomic E-state index is 0.316. The minimum atomic E-state index is -1.23. The van der Waals surface area contributed by atoms with Crippen LogP contribution in [0.4, 0.5) is 0 Å². The van der Waals surface area contributed by atoms with Crippen LogP contribution in [0.1, 0.15) is 19.3 Å². The van der Waals surface area contributed by atoms with Crippen molar-refractivity contribution in [3.05, 3.63) is 0 Å². The molecule has 2 unspecified atom stereocenters. The molecule has 1 fully saturated rings. The molecule has 0 aromatic rings. The van der Waals surface area contributed by atoms with Gasteiger partial charge in [0.25, 0.3) is 0 Å². The molecular formula is C7H12N2O4Se2. The van der Waals surface area contributed by atoms with E-state index < -0.39 is 47.1 Å². The molecule has 0 amide bonds. The Hall–Kier alpha value is -0.101. The van der Waals surface area contributed by atoms with Gasteiger partial charge in [0.05, 0.1) is 0 Å². The van der Waals surface area contributed by atoms with Crippen LogP contribution in [0.25, 0.3) is 0 Å². The van der Waals surface area contributed by atoms with Crippen LogP contribution in [0.3, 0.4) is 0 Å². The number of rotatable bonds is 2. The standard InChI is InChI=1S/C7H12N2O4Se2/c8-6(4(10)11)2-1-3-7(9,5(12)13)15-14-6/h1-3,8-9H2,(H,10,11)(H,12,13). The van der Waals surface area contributed by atoms with Gasteiger partial charge in [-0.1, -0.05) is 0 Å². The predicted octanol–water partition coefficient (Wildman–Crippen LogP) is -2.03. The summed E-state index contributed by atoms with van der Waals surface area (Å²) < 4.78 is -2.47. The van der Waals surface area contributed by atoms with Crippen molar-refractivity contribution in [3.63, 3.8) is 0 Å². The molecule has 0 aromatic heterocycles. The molecule has 0 radical (unpaired) electrons. The SMILES string of the molecule is NC1(C(=O)O)CCCC(N)(C(=O)O)[Se][Se]1. The maximum absolute atomic E-state index is 10.9. The number of hydrogen-bond acceptors (Lipinski definition) is 4. The van der Waals surface area contributed by atoms with E-state index in [0.29, 0.717) is 19.3 Å². The number of carboxylic acid groups (broad SMARTS) is 2. The quantitative estimate of drug-likeness (QED) is 0.427. The van der Waals surface area contributed by atoms with Gasteiger partial charge in [0.1, 0.15) is 0 Å². The molecule has 1 saturated heterocycles. The summed E-state index contributed by atoms with van der Waals surface area (Å²) in [6, 6.07) is 0. The molecule has 1 aliphatic heterocycles. The second kappa shape index (κ2) is 4.41. The summed E-state index contributed by atoms with van der Waals surface area (Å²) in [6.45, 7) is 0. The van der Waals surface area contributed by atoms with Crippen LogP contribution in [0.5, 0.6) is 0 Å². The fourth-order valence-corrected chi connectivity index (χ4v) is 9.62. The number of carboxylic acids is 2. The number of carbonyl (C=O) groups is 2. The molecular weight excluding hydrogens is 334 g/mol. The summed E-state index contributed by atoms with van der Waals surface area (Å²) in [6.07, 6.45) is 1.09. The Morgan fingerprint density at radius 3 is 1.60 bits per heavy atom. The Bertz CT molecular complexity index is 273. The van der Waals surface area contributed by atoms with Crippen molar-refractivity contribution in [1.29, 1.82) is 0 Å². The van der Waals surface area contributed by atoms with Gasteiger partial charge in [-0.2, -0.15) is 0 Å². The van der Waals surface area contributed by atoms with Gasteiger partial charge in [0.15, 0.2) is 0 Å². The van der Waals surface area contributed by atoms with Gasteiger partial charge in [0.2, 0.25) is 0 Å². The summed E-state index contributed by atoms with van der Waals surface area (Å²) in [5.74, 6) is -2.09. The fraction of sp³-hybridized carbons (Fsp3) is 0.714. The van der Waals surface area contributed by atoms with Gasteiger partial charge in [0, 0.05) is 0 Å². The van der Waals surface area contributed by atoms with Crippen molar-refractivity contribution < 1.29 is 19.8 Å². The molecule has 0 bridgehead atoms. The summed E-state index contributed by atoms with van der Waals surface area (Å²) in [5, 5.41) is 17.9. The van der Waals surface area contributed by atoms with E-state index in [1.54, 1.807) is 0 Å². The van der Waals surface area contributed by atoms with Crippen molar-refractivity contribution in [1.82, 2.24) is 0 Å². The molecule has 86 valence electrons. The van der Waals surface area contributed by atoms with Gasteiger partial charge in [-0.25, -0.2) is 0 Å². The van der Waals surface area contributed by atoms with Crippen LogP contribution in [-0.2, 0) is 9.59 Å². The Morgan fingerprint density at radius 2 is 1.33 bits per heavy atom. The number of nitrogens with two attached hydrogens (primary N) is 2. The van der Waals surface area contributed by atoms with Crippen LogP contribution in [-0.4, -0.2) is 57.3 Å². The van der Waals surface area contributed by atoms with E-state index in [4.69, 9.17) is 21.7 Å². The molecule has 0 aromatic carbocycles. The molecule has 8 heteroatoms. The van der Waals surface area contributed by atoms with Crippen molar-refractivity contribution in [2.75, 3.05) is 0 Å². The molecule has 0 spiro atoms. The summed E-state index contributed by atoms with van der Waals surface area (Å²) >= 11 is -0.870.